The number of aliphatic hydroxyl groups excluding tert-OH is 1. The van der Waals surface area contributed by atoms with Crippen molar-refractivity contribution in [3.05, 3.63) is 83.9 Å². The molecule has 0 saturated heterocycles. The van der Waals surface area contributed by atoms with Gasteiger partial charge in [-0.05, 0) is 18.6 Å². The van der Waals surface area contributed by atoms with Crippen LogP contribution in [0.15, 0.2) is 67.0 Å². The Bertz CT molecular complexity index is 753. The molecule has 0 radical (unpaired) electrons. The molecule has 0 spiro atoms. The van der Waals surface area contributed by atoms with Crippen LogP contribution in [0.4, 0.5) is 0 Å². The molecule has 0 fully saturated rings. The molecule has 3 rings (SSSR count). The van der Waals surface area contributed by atoms with Crippen LogP contribution in [0.2, 0.25) is 0 Å². The van der Waals surface area contributed by atoms with Crippen molar-refractivity contribution < 1.29 is 9.84 Å². The van der Waals surface area contributed by atoms with Crippen LogP contribution in [0.1, 0.15) is 30.0 Å². The van der Waals surface area contributed by atoms with Crippen LogP contribution in [0.5, 0.6) is 5.75 Å². The van der Waals surface area contributed by atoms with Gasteiger partial charge in [0.15, 0.2) is 0 Å². The summed E-state index contributed by atoms with van der Waals surface area (Å²) in [6.45, 7) is 3.16. The van der Waals surface area contributed by atoms with Crippen LogP contribution in [0.3, 0.4) is 0 Å². The highest BCUT2D eigenvalue weighted by molar-refractivity contribution is 5.38. The number of para-hydroxylation sites is 1. The van der Waals surface area contributed by atoms with E-state index >= 15 is 0 Å². The lowest BCUT2D eigenvalue weighted by Crippen LogP contribution is -2.12. The number of aliphatic hydroxyl groups is 1. The maximum atomic E-state index is 10.8. The molecule has 4 heteroatoms. The minimum Gasteiger partial charge on any atom is -0.493 e. The van der Waals surface area contributed by atoms with E-state index in [0.29, 0.717) is 24.7 Å². The van der Waals surface area contributed by atoms with Gasteiger partial charge in [0.25, 0.3) is 0 Å². The normalized spacial score (nSPS) is 12.1. The monoisotopic (exact) mass is 308 g/mol. The standard InChI is InChI=1S/C19H20N2O2/c1-2-23-17-11-7-6-10-16(17)18(22)19-20-12-13-21(19)14-15-8-4-3-5-9-15/h3-13,18,22H,2,14H2,1H3/t18-/m0/s1. The fourth-order valence-electron chi connectivity index (χ4n) is 2.61. The number of hydrogen-bond donors (Lipinski definition) is 1. The Morgan fingerprint density at radius 1 is 1.09 bits per heavy atom. The molecule has 0 aliphatic rings. The first kappa shape index (κ1) is 15.3. The Morgan fingerprint density at radius 2 is 1.83 bits per heavy atom. The highest BCUT2D eigenvalue weighted by Gasteiger charge is 2.20. The molecule has 2 aromatic carbocycles. The lowest BCUT2D eigenvalue weighted by atomic mass is 10.1. The second-order valence-electron chi connectivity index (χ2n) is 5.27. The van der Waals surface area contributed by atoms with Crippen LogP contribution in [-0.4, -0.2) is 21.3 Å². The van der Waals surface area contributed by atoms with Crippen molar-refractivity contribution in [2.75, 3.05) is 6.61 Å². The Morgan fingerprint density at radius 3 is 2.61 bits per heavy atom. The molecular formula is C19H20N2O2. The van der Waals surface area contributed by atoms with Gasteiger partial charge in [0.1, 0.15) is 17.7 Å². The average Bonchev–Trinajstić information content (AvgIpc) is 3.04. The van der Waals surface area contributed by atoms with Gasteiger partial charge in [-0.1, -0.05) is 48.5 Å². The van der Waals surface area contributed by atoms with Crippen LogP contribution >= 0.6 is 0 Å². The molecule has 0 unspecified atom stereocenters. The summed E-state index contributed by atoms with van der Waals surface area (Å²) in [4.78, 5) is 4.35. The van der Waals surface area contributed by atoms with Crippen molar-refractivity contribution in [3.63, 3.8) is 0 Å². The van der Waals surface area contributed by atoms with Crippen molar-refractivity contribution in [1.82, 2.24) is 9.55 Å². The van der Waals surface area contributed by atoms with E-state index in [9.17, 15) is 5.11 Å². The molecule has 0 aliphatic heterocycles. The van der Waals surface area contributed by atoms with Gasteiger partial charge in [-0.15, -0.1) is 0 Å². The number of nitrogens with zero attached hydrogens (tertiary/aromatic N) is 2. The summed E-state index contributed by atoms with van der Waals surface area (Å²) in [6.07, 6.45) is 2.77. The molecular weight excluding hydrogens is 288 g/mol. The number of rotatable bonds is 6. The molecule has 0 saturated carbocycles. The van der Waals surface area contributed by atoms with Gasteiger partial charge in [-0.3, -0.25) is 0 Å². The van der Waals surface area contributed by atoms with Crippen molar-refractivity contribution in [1.29, 1.82) is 0 Å². The molecule has 1 aromatic heterocycles. The van der Waals surface area contributed by atoms with E-state index in [-0.39, 0.29) is 0 Å². The van der Waals surface area contributed by atoms with Crippen LogP contribution < -0.4 is 4.74 Å². The fraction of sp³-hybridized carbons (Fsp3) is 0.211. The van der Waals surface area contributed by atoms with Crippen molar-refractivity contribution >= 4 is 0 Å². The summed E-state index contributed by atoms with van der Waals surface area (Å²) in [5.74, 6) is 1.30. The second-order valence-corrected chi connectivity index (χ2v) is 5.27. The smallest absolute Gasteiger partial charge is 0.142 e. The van der Waals surface area contributed by atoms with Gasteiger partial charge in [-0.2, -0.15) is 0 Å². The maximum Gasteiger partial charge on any atom is 0.142 e. The molecule has 1 atom stereocenters. The zero-order chi connectivity index (χ0) is 16.1. The quantitative estimate of drug-likeness (QED) is 0.759. The number of aromatic nitrogens is 2. The van der Waals surface area contributed by atoms with E-state index in [2.05, 4.69) is 17.1 Å². The molecule has 23 heavy (non-hydrogen) atoms. The van der Waals surface area contributed by atoms with Gasteiger partial charge in [0.2, 0.25) is 0 Å². The van der Waals surface area contributed by atoms with Crippen LogP contribution in [-0.2, 0) is 6.54 Å². The number of ether oxygens (including phenoxy) is 1. The van der Waals surface area contributed by atoms with Gasteiger partial charge in [0.05, 0.1) is 6.61 Å². The zero-order valence-electron chi connectivity index (χ0n) is 13.1. The first-order chi connectivity index (χ1) is 11.3. The Balaban J connectivity index is 1.89. The summed E-state index contributed by atoms with van der Waals surface area (Å²) >= 11 is 0. The van der Waals surface area contributed by atoms with Crippen molar-refractivity contribution in [3.8, 4) is 5.75 Å². The highest BCUT2D eigenvalue weighted by atomic mass is 16.5. The topological polar surface area (TPSA) is 47.3 Å². The SMILES string of the molecule is CCOc1ccccc1[C@H](O)c1nccn1Cc1ccccc1. The summed E-state index contributed by atoms with van der Waals surface area (Å²) in [6, 6.07) is 17.7. The lowest BCUT2D eigenvalue weighted by molar-refractivity contribution is 0.198. The number of imidazole rings is 1. The zero-order valence-corrected chi connectivity index (χ0v) is 13.1. The lowest BCUT2D eigenvalue weighted by Gasteiger charge is -2.17. The summed E-state index contributed by atoms with van der Waals surface area (Å²) in [5.41, 5.74) is 1.90. The van der Waals surface area contributed by atoms with E-state index < -0.39 is 6.10 Å². The number of benzene rings is 2. The second kappa shape index (κ2) is 7.11. The molecule has 0 amide bonds. The summed E-state index contributed by atoms with van der Waals surface area (Å²) in [7, 11) is 0. The van der Waals surface area contributed by atoms with E-state index in [1.54, 1.807) is 6.20 Å². The first-order valence-corrected chi connectivity index (χ1v) is 7.74. The maximum absolute atomic E-state index is 10.8. The predicted molar refractivity (Wildman–Crippen MR) is 89.4 cm³/mol. The van der Waals surface area contributed by atoms with Gasteiger partial charge in [-0.25, -0.2) is 4.98 Å². The largest absolute Gasteiger partial charge is 0.493 e. The summed E-state index contributed by atoms with van der Waals surface area (Å²) < 4.78 is 7.58. The third kappa shape index (κ3) is 3.43. The summed E-state index contributed by atoms with van der Waals surface area (Å²) in [5, 5.41) is 10.8. The van der Waals surface area contributed by atoms with E-state index in [4.69, 9.17) is 4.74 Å². The van der Waals surface area contributed by atoms with Crippen molar-refractivity contribution in [2.24, 2.45) is 0 Å². The van der Waals surface area contributed by atoms with Crippen LogP contribution in [0, 0.1) is 0 Å². The third-order valence-corrected chi connectivity index (χ3v) is 3.70. The molecule has 118 valence electrons. The average molecular weight is 308 g/mol. The van der Waals surface area contributed by atoms with E-state index in [1.165, 1.54) is 0 Å². The van der Waals surface area contributed by atoms with E-state index in [0.717, 1.165) is 11.1 Å². The van der Waals surface area contributed by atoms with E-state index in [1.807, 2.05) is 60.2 Å². The van der Waals surface area contributed by atoms with Gasteiger partial charge >= 0.3 is 0 Å². The molecule has 1 N–H and O–H groups in total. The molecule has 4 nitrogen and oxygen atoms in total. The highest BCUT2D eigenvalue weighted by Crippen LogP contribution is 2.29. The number of hydrogen-bond acceptors (Lipinski definition) is 3. The fourth-order valence-corrected chi connectivity index (χ4v) is 2.61. The first-order valence-electron chi connectivity index (χ1n) is 7.74. The Kier molecular flexibility index (Phi) is 4.74. The van der Waals surface area contributed by atoms with Gasteiger partial charge in [0, 0.05) is 24.5 Å². The Labute approximate surface area is 136 Å². The van der Waals surface area contributed by atoms with Gasteiger partial charge < -0.3 is 14.4 Å². The van der Waals surface area contributed by atoms with Crippen molar-refractivity contribution in [2.45, 2.75) is 19.6 Å². The van der Waals surface area contributed by atoms with Crippen LogP contribution in [0.25, 0.3) is 0 Å². The minimum absolute atomic E-state index is 0.558. The Hall–Kier alpha value is -2.59. The minimum atomic E-state index is -0.823. The molecule has 0 bridgehead atoms. The molecule has 3 aromatic rings. The molecule has 1 heterocycles. The predicted octanol–water partition coefficient (Wildman–Crippen LogP) is 3.41. The third-order valence-electron chi connectivity index (χ3n) is 3.70. The molecule has 0 aliphatic carbocycles.